The number of sulfone groups is 2. The van der Waals surface area contributed by atoms with Gasteiger partial charge in [0.1, 0.15) is 0 Å². The van der Waals surface area contributed by atoms with Gasteiger partial charge in [-0.25, -0.2) is 30.0 Å². The molecule has 2 fully saturated rings. The van der Waals surface area contributed by atoms with Gasteiger partial charge in [0.05, 0.1) is 6.42 Å². The Bertz CT molecular complexity index is 966. The Hall–Kier alpha value is -1.15. The van der Waals surface area contributed by atoms with Crippen LogP contribution in [0.4, 0.5) is 65.9 Å². The predicted molar refractivity (Wildman–Crippen MR) is 64.7 cm³/mol. The molecule has 0 amide bonds. The van der Waals surface area contributed by atoms with Crippen molar-refractivity contribution in [1.82, 2.24) is 0 Å². The van der Waals surface area contributed by atoms with Crippen LogP contribution in [0.15, 0.2) is 0 Å². The van der Waals surface area contributed by atoms with E-state index >= 15 is 0 Å². The van der Waals surface area contributed by atoms with Crippen molar-refractivity contribution in [3.05, 3.63) is 0 Å². The average molecular weight is 536 g/mol. The van der Waals surface area contributed by atoms with Crippen LogP contribution in [0.25, 0.3) is 0 Å². The van der Waals surface area contributed by atoms with Gasteiger partial charge in [0.15, 0.2) is 0 Å². The van der Waals surface area contributed by atoms with Crippen molar-refractivity contribution in [2.24, 2.45) is 0 Å². The van der Waals surface area contributed by atoms with Crippen molar-refractivity contribution in [3.63, 3.8) is 0 Å². The molecule has 1 atom stereocenters. The minimum atomic E-state index is -8.54. The Balaban J connectivity index is 3.12. The van der Waals surface area contributed by atoms with Crippen LogP contribution < -0.4 is 0 Å². The van der Waals surface area contributed by atoms with Gasteiger partial charge in [-0.2, -0.15) is 52.7 Å². The molecule has 1 unspecified atom stereocenters. The third-order valence-corrected chi connectivity index (χ3v) is 9.86. The Kier molecular flexibility index (Phi) is 4.77. The summed E-state index contributed by atoms with van der Waals surface area (Å²) in [6.45, 7) is 0. The minimum Gasteiger partial charge on any atom is -0.227 e. The number of alkyl halides is 15. The van der Waals surface area contributed by atoms with E-state index in [9.17, 15) is 82.7 Å². The zero-order valence-corrected chi connectivity index (χ0v) is 15.0. The molecule has 2 aliphatic rings. The quantitative estimate of drug-likeness (QED) is 0.481. The van der Waals surface area contributed by atoms with Crippen molar-refractivity contribution < 1.29 is 82.7 Å². The molecular weight excluding hydrogens is 533 g/mol. The number of hydrogen-bond donors (Lipinski definition) is 0. The maximum Gasteiger partial charge on any atom is 0.416 e. The van der Waals surface area contributed by atoms with Gasteiger partial charge in [0, 0.05) is 0 Å². The van der Waals surface area contributed by atoms with Gasteiger partial charge in [-0.15, -0.1) is 0 Å². The normalized spacial score (nSPS) is 38.3. The molecule has 0 aromatic rings. The first-order chi connectivity index (χ1) is 13.1. The van der Waals surface area contributed by atoms with Gasteiger partial charge in [0.2, 0.25) is 24.3 Å². The zero-order chi connectivity index (χ0) is 25.3. The summed E-state index contributed by atoms with van der Waals surface area (Å²) >= 11 is 0. The summed E-state index contributed by atoms with van der Waals surface area (Å²) in [5.74, 6) is -36.9. The van der Waals surface area contributed by atoms with Crippen LogP contribution in [0.5, 0.6) is 0 Å². The predicted octanol–water partition coefficient (Wildman–Crippen LogP) is 3.63. The Morgan fingerprint density at radius 1 is 0.484 bits per heavy atom. The summed E-state index contributed by atoms with van der Waals surface area (Å²) in [6.07, 6.45) is -4.20. The van der Waals surface area contributed by atoms with Gasteiger partial charge in [-0.3, -0.25) is 0 Å². The fraction of sp³-hybridized carbons (Fsp3) is 1.00. The van der Waals surface area contributed by atoms with E-state index in [2.05, 4.69) is 0 Å². The molecule has 184 valence electrons. The molecule has 21 heteroatoms. The van der Waals surface area contributed by atoms with E-state index in [1.54, 1.807) is 0 Å². The Morgan fingerprint density at radius 3 is 1.13 bits per heavy atom. The summed E-state index contributed by atoms with van der Waals surface area (Å²) < 4.78 is 244. The van der Waals surface area contributed by atoms with Crippen LogP contribution >= 0.6 is 0 Å². The smallest absolute Gasteiger partial charge is 0.227 e. The highest BCUT2D eigenvalue weighted by Gasteiger charge is 3.00. The number of halogens is 15. The third kappa shape index (κ3) is 2.31. The lowest BCUT2D eigenvalue weighted by Crippen LogP contribution is -2.84. The molecule has 0 spiro atoms. The summed E-state index contributed by atoms with van der Waals surface area (Å²) in [7, 11) is -17.1. The molecule has 2 rings (SSSR count). The highest BCUT2D eigenvalue weighted by atomic mass is 32.3. The van der Waals surface area contributed by atoms with E-state index in [1.165, 1.54) is 0 Å². The summed E-state index contributed by atoms with van der Waals surface area (Å²) in [4.78, 5) is 0. The third-order valence-electron chi connectivity index (χ3n) is 4.62. The van der Waals surface area contributed by atoms with Crippen LogP contribution in [0.3, 0.4) is 0 Å². The summed E-state index contributed by atoms with van der Waals surface area (Å²) in [5, 5.41) is -15.3. The first-order valence-corrected chi connectivity index (χ1v) is 9.97. The molecule has 1 aliphatic carbocycles. The molecule has 0 N–H and O–H groups in total. The fourth-order valence-electron chi connectivity index (χ4n) is 2.92. The molecule has 31 heavy (non-hydrogen) atoms. The zero-order valence-electron chi connectivity index (χ0n) is 13.4. The van der Waals surface area contributed by atoms with Gasteiger partial charge in [-0.1, -0.05) is 0 Å². The van der Waals surface area contributed by atoms with E-state index in [1.807, 2.05) is 0 Å². The highest BCUT2D eigenvalue weighted by molar-refractivity contribution is 8.11. The number of hydrogen-bond acceptors (Lipinski definition) is 4. The average Bonchev–Trinajstić information content (AvgIpc) is 2.49. The lowest BCUT2D eigenvalue weighted by Gasteiger charge is -2.53. The van der Waals surface area contributed by atoms with Gasteiger partial charge in [0.25, 0.3) is 11.6 Å². The minimum absolute atomic E-state index is 4.20. The molecule has 1 saturated carbocycles. The van der Waals surface area contributed by atoms with E-state index in [0.29, 0.717) is 0 Å². The first-order valence-electron chi connectivity index (χ1n) is 6.88. The van der Waals surface area contributed by atoms with Crippen LogP contribution in [-0.4, -0.2) is 67.2 Å². The lowest BCUT2D eigenvalue weighted by atomic mass is 9.75. The monoisotopic (exact) mass is 536 g/mol. The fourth-order valence-corrected chi connectivity index (χ4v) is 8.05. The highest BCUT2D eigenvalue weighted by Crippen LogP contribution is 2.69. The van der Waals surface area contributed by atoms with Crippen LogP contribution in [0, 0.1) is 0 Å². The molecule has 1 saturated heterocycles. The van der Waals surface area contributed by atoms with E-state index in [4.69, 9.17) is 0 Å². The lowest BCUT2D eigenvalue weighted by molar-refractivity contribution is -0.413. The van der Waals surface area contributed by atoms with Crippen molar-refractivity contribution in [1.29, 1.82) is 0 Å². The van der Waals surface area contributed by atoms with E-state index < -0.39 is 76.5 Å². The van der Waals surface area contributed by atoms with E-state index in [0.717, 1.165) is 0 Å². The first kappa shape index (κ1) is 26.1. The van der Waals surface area contributed by atoms with Crippen molar-refractivity contribution >= 4 is 19.7 Å². The second-order valence-electron chi connectivity index (χ2n) is 6.48. The maximum absolute atomic E-state index is 14.8. The topological polar surface area (TPSA) is 68.3 Å². The Labute approximate surface area is 160 Å². The molecule has 4 nitrogen and oxygen atoms in total. The largest absolute Gasteiger partial charge is 0.416 e. The maximum atomic E-state index is 14.8. The number of rotatable bonds is 1. The molecule has 1 heterocycles. The van der Waals surface area contributed by atoms with Crippen molar-refractivity contribution in [3.8, 4) is 0 Å². The van der Waals surface area contributed by atoms with Crippen molar-refractivity contribution in [2.45, 2.75) is 56.8 Å². The van der Waals surface area contributed by atoms with E-state index in [-0.39, 0.29) is 0 Å². The Morgan fingerprint density at radius 2 is 0.806 bits per heavy atom. The second kappa shape index (κ2) is 5.66. The van der Waals surface area contributed by atoms with Gasteiger partial charge >= 0.3 is 34.2 Å². The SMILES string of the molecule is O=S1(=O)C(C2(F)C(F)(F)CC(F)(F)C(F)(F)C2(F)F)S(=O)(=O)C(F)(F)C(F)(F)C1(F)F. The summed E-state index contributed by atoms with van der Waals surface area (Å²) in [6, 6.07) is 0. The molecule has 0 bridgehead atoms. The van der Waals surface area contributed by atoms with Crippen LogP contribution in [0.1, 0.15) is 6.42 Å². The molecule has 1 aliphatic heterocycles. The van der Waals surface area contributed by atoms with Gasteiger partial charge in [-0.05, 0) is 0 Å². The summed E-state index contributed by atoms with van der Waals surface area (Å²) in [5.41, 5.74) is -7.69. The second-order valence-corrected chi connectivity index (χ2v) is 10.9. The van der Waals surface area contributed by atoms with Crippen molar-refractivity contribution in [2.75, 3.05) is 0 Å². The molecule has 0 aromatic carbocycles. The van der Waals surface area contributed by atoms with Crippen LogP contribution in [0.2, 0.25) is 0 Å². The van der Waals surface area contributed by atoms with Crippen LogP contribution in [-0.2, 0) is 19.7 Å². The molecule has 0 aromatic heterocycles. The molecule has 0 radical (unpaired) electrons. The molecular formula is C10H3F15O4S2. The standard InChI is InChI=1S/C10H3F15O4S2/c11-3(12)1-4(13,14)6(16,17)7(18,19)5(3,15)2-30(26,27)9(22,23)8(20,21)10(24,25)31(2,28)29/h2H,1H2. The van der Waals surface area contributed by atoms with Gasteiger partial charge < -0.3 is 0 Å².